The number of nitrogens with one attached hydrogen (secondary N) is 1. The number of hydrogen-bond acceptors (Lipinski definition) is 3. The van der Waals surface area contributed by atoms with Gasteiger partial charge in [0.25, 0.3) is 0 Å². The second kappa shape index (κ2) is 8.67. The monoisotopic (exact) mass is 400 g/mol. The molecule has 0 spiro atoms. The molecule has 25 heavy (non-hydrogen) atoms. The Bertz CT molecular complexity index is 842. The first-order valence-corrected chi connectivity index (χ1v) is 10.1. The van der Waals surface area contributed by atoms with Crippen LogP contribution in [0.25, 0.3) is 0 Å². The van der Waals surface area contributed by atoms with Crippen molar-refractivity contribution < 1.29 is 13.2 Å². The number of carbonyl (C=O) groups is 1. The number of amides is 1. The predicted octanol–water partition coefficient (Wildman–Crippen LogP) is 3.07. The maximum Gasteiger partial charge on any atom is 0.235 e. The van der Waals surface area contributed by atoms with Gasteiger partial charge in [0.05, 0.1) is 22.8 Å². The number of sulfonamides is 1. The van der Waals surface area contributed by atoms with E-state index in [9.17, 15) is 13.2 Å². The Hall–Kier alpha value is -1.60. The van der Waals surface area contributed by atoms with Crippen molar-refractivity contribution in [3.05, 3.63) is 69.7 Å². The molecule has 0 aliphatic rings. The SMILES string of the molecule is CS(=O)(=O)N(CC(=O)NCc1ccccc1)Cc1ccc(Cl)c(Cl)c1. The molecule has 2 rings (SSSR count). The Morgan fingerprint density at radius 3 is 2.32 bits per heavy atom. The first-order chi connectivity index (χ1) is 11.8. The van der Waals surface area contributed by atoms with E-state index in [-0.39, 0.29) is 19.0 Å². The Morgan fingerprint density at radius 1 is 1.04 bits per heavy atom. The highest BCUT2D eigenvalue weighted by Gasteiger charge is 2.20. The third kappa shape index (κ3) is 6.32. The van der Waals surface area contributed by atoms with Gasteiger partial charge in [0.15, 0.2) is 0 Å². The van der Waals surface area contributed by atoms with Gasteiger partial charge in [-0.3, -0.25) is 4.79 Å². The van der Waals surface area contributed by atoms with E-state index < -0.39 is 10.0 Å². The maximum absolute atomic E-state index is 12.1. The number of nitrogens with zero attached hydrogens (tertiary/aromatic N) is 1. The van der Waals surface area contributed by atoms with Crippen molar-refractivity contribution in [1.29, 1.82) is 0 Å². The lowest BCUT2D eigenvalue weighted by Gasteiger charge is -2.20. The van der Waals surface area contributed by atoms with E-state index in [1.807, 2.05) is 30.3 Å². The molecule has 0 unspecified atom stereocenters. The lowest BCUT2D eigenvalue weighted by atomic mass is 10.2. The molecule has 2 aromatic carbocycles. The second-order valence-electron chi connectivity index (χ2n) is 5.54. The van der Waals surface area contributed by atoms with E-state index in [0.717, 1.165) is 16.1 Å². The molecule has 1 N–H and O–H groups in total. The van der Waals surface area contributed by atoms with Gasteiger partial charge in [0.1, 0.15) is 0 Å². The molecule has 134 valence electrons. The van der Waals surface area contributed by atoms with Crippen LogP contribution in [0.5, 0.6) is 0 Å². The van der Waals surface area contributed by atoms with E-state index in [0.29, 0.717) is 22.2 Å². The van der Waals surface area contributed by atoms with Gasteiger partial charge in [-0.05, 0) is 23.3 Å². The minimum absolute atomic E-state index is 0.0362. The number of halogens is 2. The summed E-state index contributed by atoms with van der Waals surface area (Å²) < 4.78 is 25.1. The summed E-state index contributed by atoms with van der Waals surface area (Å²) in [6, 6.07) is 14.2. The molecule has 0 bridgehead atoms. The minimum atomic E-state index is -3.57. The molecule has 5 nitrogen and oxygen atoms in total. The lowest BCUT2D eigenvalue weighted by Crippen LogP contribution is -2.39. The number of carbonyl (C=O) groups excluding carboxylic acids is 1. The molecule has 0 heterocycles. The summed E-state index contributed by atoms with van der Waals surface area (Å²) in [4.78, 5) is 12.1. The third-order valence-corrected chi connectivity index (χ3v) is 5.40. The predicted molar refractivity (Wildman–Crippen MR) is 100 cm³/mol. The minimum Gasteiger partial charge on any atom is -0.351 e. The first kappa shape index (κ1) is 19.7. The highest BCUT2D eigenvalue weighted by molar-refractivity contribution is 7.88. The van der Waals surface area contributed by atoms with Crippen molar-refractivity contribution in [2.75, 3.05) is 12.8 Å². The van der Waals surface area contributed by atoms with Gasteiger partial charge in [-0.15, -0.1) is 0 Å². The van der Waals surface area contributed by atoms with Crippen LogP contribution < -0.4 is 5.32 Å². The average molecular weight is 401 g/mol. The van der Waals surface area contributed by atoms with Crippen molar-refractivity contribution in [2.45, 2.75) is 13.1 Å². The molecule has 0 atom stereocenters. The van der Waals surface area contributed by atoms with E-state index in [4.69, 9.17) is 23.2 Å². The Kier molecular flexibility index (Phi) is 6.84. The Balaban J connectivity index is 2.02. The van der Waals surface area contributed by atoms with Crippen LogP contribution in [0, 0.1) is 0 Å². The summed E-state index contributed by atoms with van der Waals surface area (Å²) in [5.74, 6) is -0.380. The largest absolute Gasteiger partial charge is 0.351 e. The molecule has 0 aliphatic heterocycles. The van der Waals surface area contributed by atoms with Crippen molar-refractivity contribution in [3.63, 3.8) is 0 Å². The van der Waals surface area contributed by atoms with Gasteiger partial charge in [-0.25, -0.2) is 8.42 Å². The molecule has 1 amide bonds. The van der Waals surface area contributed by atoms with Crippen LogP contribution in [0.15, 0.2) is 48.5 Å². The molecule has 0 fully saturated rings. The summed E-state index contributed by atoms with van der Waals surface area (Å²) in [7, 11) is -3.57. The Morgan fingerprint density at radius 2 is 1.72 bits per heavy atom. The van der Waals surface area contributed by atoms with Crippen molar-refractivity contribution >= 4 is 39.1 Å². The molecule has 2 aromatic rings. The van der Waals surface area contributed by atoms with E-state index in [1.54, 1.807) is 18.2 Å². The molecule has 0 aromatic heterocycles. The van der Waals surface area contributed by atoms with Crippen molar-refractivity contribution in [2.24, 2.45) is 0 Å². The van der Waals surface area contributed by atoms with Gasteiger partial charge >= 0.3 is 0 Å². The second-order valence-corrected chi connectivity index (χ2v) is 8.34. The van der Waals surface area contributed by atoms with Crippen molar-refractivity contribution in [1.82, 2.24) is 9.62 Å². The molecule has 0 aliphatic carbocycles. The number of benzene rings is 2. The van der Waals surface area contributed by atoms with Crippen LogP contribution in [-0.2, 0) is 27.9 Å². The van der Waals surface area contributed by atoms with Crippen LogP contribution in [-0.4, -0.2) is 31.4 Å². The van der Waals surface area contributed by atoms with Crippen LogP contribution in [0.4, 0.5) is 0 Å². The van der Waals surface area contributed by atoms with Crippen LogP contribution >= 0.6 is 23.2 Å². The first-order valence-electron chi connectivity index (χ1n) is 7.45. The summed E-state index contributed by atoms with van der Waals surface area (Å²) in [6.07, 6.45) is 1.06. The maximum atomic E-state index is 12.1. The summed E-state index contributed by atoms with van der Waals surface area (Å²) in [5, 5.41) is 3.44. The smallest absolute Gasteiger partial charge is 0.235 e. The molecule has 0 radical (unpaired) electrons. The zero-order chi connectivity index (χ0) is 18.4. The van der Waals surface area contributed by atoms with E-state index >= 15 is 0 Å². The molecular formula is C17H18Cl2N2O3S. The zero-order valence-electron chi connectivity index (χ0n) is 13.6. The fourth-order valence-corrected chi connectivity index (χ4v) is 3.20. The van der Waals surface area contributed by atoms with Gasteiger partial charge in [0, 0.05) is 13.1 Å². The van der Waals surface area contributed by atoms with Gasteiger partial charge in [0.2, 0.25) is 15.9 Å². The normalized spacial score (nSPS) is 11.5. The van der Waals surface area contributed by atoms with Crippen LogP contribution in [0.1, 0.15) is 11.1 Å². The highest BCUT2D eigenvalue weighted by Crippen LogP contribution is 2.23. The zero-order valence-corrected chi connectivity index (χ0v) is 15.9. The third-order valence-electron chi connectivity index (χ3n) is 3.46. The van der Waals surface area contributed by atoms with E-state index in [2.05, 4.69) is 5.32 Å². The molecular weight excluding hydrogens is 383 g/mol. The van der Waals surface area contributed by atoms with Gasteiger partial charge < -0.3 is 5.32 Å². The molecule has 0 saturated heterocycles. The van der Waals surface area contributed by atoms with Crippen LogP contribution in [0.2, 0.25) is 10.0 Å². The van der Waals surface area contributed by atoms with Gasteiger partial charge in [-0.1, -0.05) is 59.6 Å². The summed E-state index contributed by atoms with van der Waals surface area (Å²) in [5.41, 5.74) is 1.59. The molecule has 8 heteroatoms. The van der Waals surface area contributed by atoms with E-state index in [1.165, 1.54) is 0 Å². The van der Waals surface area contributed by atoms with Gasteiger partial charge in [-0.2, -0.15) is 4.31 Å². The lowest BCUT2D eigenvalue weighted by molar-refractivity contribution is -0.121. The standard InChI is InChI=1S/C17H18Cl2N2O3S/c1-25(23,24)21(11-14-7-8-15(18)16(19)9-14)12-17(22)20-10-13-5-3-2-4-6-13/h2-9H,10-12H2,1H3,(H,20,22). The Labute approximate surface area is 157 Å². The average Bonchev–Trinajstić information content (AvgIpc) is 2.56. The topological polar surface area (TPSA) is 66.5 Å². The number of rotatable bonds is 7. The van der Waals surface area contributed by atoms with Crippen molar-refractivity contribution in [3.8, 4) is 0 Å². The quantitative estimate of drug-likeness (QED) is 0.776. The summed E-state index contributed by atoms with van der Waals surface area (Å²) in [6.45, 7) is 0.102. The fourth-order valence-electron chi connectivity index (χ4n) is 2.14. The molecule has 0 saturated carbocycles. The fraction of sp³-hybridized carbons (Fsp3) is 0.235. The van der Waals surface area contributed by atoms with Crippen LogP contribution in [0.3, 0.4) is 0 Å². The number of hydrogen-bond donors (Lipinski definition) is 1. The summed E-state index contributed by atoms with van der Waals surface area (Å²) >= 11 is 11.8. The highest BCUT2D eigenvalue weighted by atomic mass is 35.5.